The van der Waals surface area contributed by atoms with Crippen LogP contribution in [0.15, 0.2) is 36.5 Å². The molecule has 0 spiro atoms. The predicted molar refractivity (Wildman–Crippen MR) is 63.4 cm³/mol. The zero-order valence-electron chi connectivity index (χ0n) is 7.93. The second-order valence-electron chi connectivity index (χ2n) is 3.24. The summed E-state index contributed by atoms with van der Waals surface area (Å²) in [6, 6.07) is 10.5. The van der Waals surface area contributed by atoms with Gasteiger partial charge in [-0.15, -0.1) is 11.3 Å². The molecular weight excluding hydrogens is 210 g/mol. The molecule has 72 valence electrons. The summed E-state index contributed by atoms with van der Waals surface area (Å²) >= 11 is 6.86. The van der Waals surface area contributed by atoms with E-state index in [1.165, 1.54) is 10.4 Å². The first-order chi connectivity index (χ1) is 6.75. The SMILES string of the molecule is Cn1cc(Cc2ccccc2)sc1=S. The second kappa shape index (κ2) is 4.07. The van der Waals surface area contributed by atoms with Gasteiger partial charge in [-0.3, -0.25) is 0 Å². The molecule has 0 aliphatic heterocycles. The van der Waals surface area contributed by atoms with Crippen LogP contribution < -0.4 is 0 Å². The Morgan fingerprint density at radius 2 is 2.00 bits per heavy atom. The van der Waals surface area contributed by atoms with Crippen LogP contribution in [-0.4, -0.2) is 4.57 Å². The van der Waals surface area contributed by atoms with Crippen molar-refractivity contribution in [3.63, 3.8) is 0 Å². The molecule has 1 nitrogen and oxygen atoms in total. The number of benzene rings is 1. The Kier molecular flexibility index (Phi) is 2.79. The molecule has 0 atom stereocenters. The van der Waals surface area contributed by atoms with E-state index in [2.05, 4.69) is 30.5 Å². The Morgan fingerprint density at radius 3 is 2.57 bits per heavy atom. The van der Waals surface area contributed by atoms with Crippen molar-refractivity contribution < 1.29 is 0 Å². The summed E-state index contributed by atoms with van der Waals surface area (Å²) in [5.74, 6) is 0. The third-order valence-corrected chi connectivity index (χ3v) is 3.58. The first kappa shape index (κ1) is 9.62. The minimum absolute atomic E-state index is 0.941. The van der Waals surface area contributed by atoms with Crippen LogP contribution >= 0.6 is 23.6 Å². The van der Waals surface area contributed by atoms with Gasteiger partial charge in [0.25, 0.3) is 0 Å². The normalized spacial score (nSPS) is 10.4. The molecule has 0 radical (unpaired) electrons. The van der Waals surface area contributed by atoms with Gasteiger partial charge < -0.3 is 4.57 Å². The highest BCUT2D eigenvalue weighted by molar-refractivity contribution is 7.73. The van der Waals surface area contributed by atoms with Crippen molar-refractivity contribution in [1.29, 1.82) is 0 Å². The molecule has 0 N–H and O–H groups in total. The highest BCUT2D eigenvalue weighted by Gasteiger charge is 1.99. The Morgan fingerprint density at radius 1 is 1.29 bits per heavy atom. The summed E-state index contributed by atoms with van der Waals surface area (Å²) in [7, 11) is 1.99. The van der Waals surface area contributed by atoms with Gasteiger partial charge in [0.05, 0.1) is 0 Å². The van der Waals surface area contributed by atoms with E-state index < -0.39 is 0 Å². The maximum absolute atomic E-state index is 5.17. The van der Waals surface area contributed by atoms with Crippen LogP contribution in [0.3, 0.4) is 0 Å². The summed E-state index contributed by atoms with van der Waals surface area (Å²) in [6.07, 6.45) is 3.09. The molecule has 0 unspecified atom stereocenters. The van der Waals surface area contributed by atoms with Gasteiger partial charge in [0.1, 0.15) is 0 Å². The van der Waals surface area contributed by atoms with E-state index in [4.69, 9.17) is 12.2 Å². The van der Waals surface area contributed by atoms with Gasteiger partial charge in [-0.05, 0) is 17.8 Å². The second-order valence-corrected chi connectivity index (χ2v) is 5.00. The molecule has 3 heteroatoms. The lowest BCUT2D eigenvalue weighted by Gasteiger charge is -1.96. The molecule has 0 aliphatic rings. The van der Waals surface area contributed by atoms with Gasteiger partial charge in [0.2, 0.25) is 0 Å². The quantitative estimate of drug-likeness (QED) is 0.704. The molecule has 14 heavy (non-hydrogen) atoms. The standard InChI is InChI=1S/C11H11NS2/c1-12-8-10(14-11(12)13)7-9-5-3-2-4-6-9/h2-6,8H,7H2,1H3. The monoisotopic (exact) mass is 221 g/mol. The summed E-state index contributed by atoms with van der Waals surface area (Å²) in [4.78, 5) is 1.32. The minimum Gasteiger partial charge on any atom is -0.333 e. The molecule has 0 bridgehead atoms. The van der Waals surface area contributed by atoms with E-state index in [1.807, 2.05) is 17.7 Å². The van der Waals surface area contributed by atoms with Gasteiger partial charge >= 0.3 is 0 Å². The average molecular weight is 221 g/mol. The van der Waals surface area contributed by atoms with E-state index >= 15 is 0 Å². The van der Waals surface area contributed by atoms with Crippen molar-refractivity contribution >= 4 is 23.6 Å². The third kappa shape index (κ3) is 2.11. The molecule has 1 heterocycles. The van der Waals surface area contributed by atoms with E-state index in [9.17, 15) is 0 Å². The fourth-order valence-electron chi connectivity index (χ4n) is 1.36. The summed E-state index contributed by atoms with van der Waals surface area (Å²) in [5, 5.41) is 0. The lowest BCUT2D eigenvalue weighted by Crippen LogP contribution is -1.85. The predicted octanol–water partition coefficient (Wildman–Crippen LogP) is 3.41. The fourth-order valence-corrected chi connectivity index (χ4v) is 2.60. The number of hydrogen-bond donors (Lipinski definition) is 0. The van der Waals surface area contributed by atoms with Crippen LogP contribution in [0.4, 0.5) is 0 Å². The van der Waals surface area contributed by atoms with Crippen LogP contribution in [0.2, 0.25) is 0 Å². The van der Waals surface area contributed by atoms with Gasteiger partial charge in [0.15, 0.2) is 3.95 Å². The highest BCUT2D eigenvalue weighted by Crippen LogP contribution is 2.15. The Hall–Kier alpha value is -0.930. The Labute approximate surface area is 92.6 Å². The number of nitrogens with zero attached hydrogens (tertiary/aromatic N) is 1. The molecule has 0 amide bonds. The van der Waals surface area contributed by atoms with Crippen LogP contribution in [0, 0.1) is 3.95 Å². The third-order valence-electron chi connectivity index (χ3n) is 2.07. The maximum Gasteiger partial charge on any atom is 0.161 e. The first-order valence-corrected chi connectivity index (χ1v) is 5.67. The van der Waals surface area contributed by atoms with E-state index in [0.717, 1.165) is 10.4 Å². The number of aryl methyl sites for hydroxylation is 1. The van der Waals surface area contributed by atoms with Crippen molar-refractivity contribution in [2.24, 2.45) is 7.05 Å². The Balaban J connectivity index is 2.23. The topological polar surface area (TPSA) is 4.93 Å². The van der Waals surface area contributed by atoms with Crippen LogP contribution in [0.5, 0.6) is 0 Å². The first-order valence-electron chi connectivity index (χ1n) is 4.45. The number of rotatable bonds is 2. The average Bonchev–Trinajstić information content (AvgIpc) is 2.47. The maximum atomic E-state index is 5.17. The van der Waals surface area contributed by atoms with Crippen molar-refractivity contribution in [2.75, 3.05) is 0 Å². The molecule has 1 aromatic carbocycles. The molecule has 2 aromatic rings. The summed E-state index contributed by atoms with van der Waals surface area (Å²) < 4.78 is 2.94. The molecule has 0 saturated carbocycles. The van der Waals surface area contributed by atoms with Gasteiger partial charge in [0, 0.05) is 24.5 Å². The zero-order valence-corrected chi connectivity index (χ0v) is 9.57. The molecule has 0 fully saturated rings. The number of thiazole rings is 1. The van der Waals surface area contributed by atoms with Crippen molar-refractivity contribution in [3.8, 4) is 0 Å². The molecule has 0 aliphatic carbocycles. The van der Waals surface area contributed by atoms with Gasteiger partial charge in [-0.2, -0.15) is 0 Å². The summed E-state index contributed by atoms with van der Waals surface area (Å²) in [5.41, 5.74) is 1.34. The van der Waals surface area contributed by atoms with E-state index in [1.54, 1.807) is 11.3 Å². The zero-order chi connectivity index (χ0) is 9.97. The molecule has 1 aromatic heterocycles. The highest BCUT2D eigenvalue weighted by atomic mass is 32.1. The fraction of sp³-hybridized carbons (Fsp3) is 0.182. The van der Waals surface area contributed by atoms with Crippen LogP contribution in [0.1, 0.15) is 10.4 Å². The van der Waals surface area contributed by atoms with E-state index in [-0.39, 0.29) is 0 Å². The number of aromatic nitrogens is 1. The van der Waals surface area contributed by atoms with Crippen LogP contribution in [0.25, 0.3) is 0 Å². The van der Waals surface area contributed by atoms with Crippen molar-refractivity contribution in [2.45, 2.75) is 6.42 Å². The Bertz CT molecular complexity index is 468. The number of hydrogen-bond acceptors (Lipinski definition) is 2. The van der Waals surface area contributed by atoms with Crippen LogP contribution in [-0.2, 0) is 13.5 Å². The summed E-state index contributed by atoms with van der Waals surface area (Å²) in [6.45, 7) is 0. The minimum atomic E-state index is 0.941. The molecule has 0 saturated heterocycles. The van der Waals surface area contributed by atoms with Gasteiger partial charge in [-0.1, -0.05) is 30.3 Å². The molecular formula is C11H11NS2. The smallest absolute Gasteiger partial charge is 0.161 e. The lowest BCUT2D eigenvalue weighted by molar-refractivity contribution is 0.911. The van der Waals surface area contributed by atoms with Gasteiger partial charge in [-0.25, -0.2) is 0 Å². The molecule has 2 rings (SSSR count). The van der Waals surface area contributed by atoms with Crippen molar-refractivity contribution in [3.05, 3.63) is 50.9 Å². The van der Waals surface area contributed by atoms with Crippen molar-refractivity contribution in [1.82, 2.24) is 4.57 Å². The lowest BCUT2D eigenvalue weighted by atomic mass is 10.1. The largest absolute Gasteiger partial charge is 0.333 e. The van der Waals surface area contributed by atoms with E-state index in [0.29, 0.717) is 0 Å².